The number of likely N-dealkylation sites (tertiary alicyclic amines) is 1. The van der Waals surface area contributed by atoms with Gasteiger partial charge in [-0.1, -0.05) is 48.5 Å². The van der Waals surface area contributed by atoms with Crippen molar-refractivity contribution in [3.8, 4) is 11.8 Å². The van der Waals surface area contributed by atoms with E-state index in [0.717, 1.165) is 35.7 Å². The van der Waals surface area contributed by atoms with Crippen LogP contribution in [0.25, 0.3) is 15.6 Å². The van der Waals surface area contributed by atoms with E-state index in [4.69, 9.17) is 37.6 Å². The Morgan fingerprint density at radius 2 is 1.93 bits per heavy atom. The van der Waals surface area contributed by atoms with Crippen LogP contribution in [0.4, 0.5) is 11.6 Å². The number of fused-ring (bicyclic) bond motifs is 2. The van der Waals surface area contributed by atoms with E-state index in [0.29, 0.717) is 54.7 Å². The maximum absolute atomic E-state index is 12.6. The lowest BCUT2D eigenvalue weighted by atomic mass is 9.93. The molecule has 44 heavy (non-hydrogen) atoms. The van der Waals surface area contributed by atoms with Crippen LogP contribution in [0.2, 0.25) is 5.02 Å². The second kappa shape index (κ2) is 12.5. The first-order valence-electron chi connectivity index (χ1n) is 15.1. The minimum absolute atomic E-state index is 0.172. The molecule has 10 nitrogen and oxygen atoms in total. The molecule has 230 valence electrons. The van der Waals surface area contributed by atoms with Gasteiger partial charge in [0.2, 0.25) is 18.2 Å². The molecule has 0 aliphatic carbocycles. The van der Waals surface area contributed by atoms with Crippen molar-refractivity contribution < 1.29 is 14.3 Å². The van der Waals surface area contributed by atoms with Gasteiger partial charge in [0.1, 0.15) is 18.8 Å². The van der Waals surface area contributed by atoms with Gasteiger partial charge in [0.15, 0.2) is 11.6 Å². The topological polar surface area (TPSA) is 78.6 Å². The summed E-state index contributed by atoms with van der Waals surface area (Å²) in [5.41, 5.74) is 1.05. The van der Waals surface area contributed by atoms with Crippen molar-refractivity contribution in [1.82, 2.24) is 19.8 Å². The molecule has 4 atom stereocenters. The summed E-state index contributed by atoms with van der Waals surface area (Å²) in [7, 11) is 4.14. The van der Waals surface area contributed by atoms with E-state index in [1.807, 2.05) is 32.2 Å². The zero-order chi connectivity index (χ0) is 31.0. The van der Waals surface area contributed by atoms with Crippen LogP contribution in [-0.4, -0.2) is 97.3 Å². The third-order valence-electron chi connectivity index (χ3n) is 9.13. The number of ether oxygens (including phenoxy) is 2. The molecule has 0 N–H and O–H groups in total. The molecule has 0 bridgehead atoms. The van der Waals surface area contributed by atoms with Crippen LogP contribution in [0.5, 0.6) is 11.8 Å². The predicted octanol–water partition coefficient (Wildman–Crippen LogP) is 4.84. The standard InChI is InChI=1S/C33H38ClN7O3/c1-6-27(42)41-17-16-40(19-24(41)18-35-3)32-30-31(36-33(37-32)43-20-23-12-9-15-38(23)4)39(5)29(21(2)44-30)25-13-7-10-22-11-8-14-26(34)28(22)25/h6-8,10-11,13-14,21,23-24,29H,1,9,12,15-20H2,2,4-5H3/t21-,23+,24+,29?/m1/s1. The first-order valence-corrected chi connectivity index (χ1v) is 15.5. The van der Waals surface area contributed by atoms with Crippen LogP contribution in [0.1, 0.15) is 31.4 Å². The fourth-order valence-corrected chi connectivity index (χ4v) is 7.13. The third kappa shape index (κ3) is 5.51. The number of rotatable bonds is 7. The summed E-state index contributed by atoms with van der Waals surface area (Å²) in [6.45, 7) is 16.3. The predicted molar refractivity (Wildman–Crippen MR) is 173 cm³/mol. The molecule has 2 aromatic carbocycles. The molecule has 11 heteroatoms. The molecule has 3 aliphatic heterocycles. The summed E-state index contributed by atoms with van der Waals surface area (Å²) in [5, 5.41) is 2.75. The molecule has 1 unspecified atom stereocenters. The van der Waals surface area contributed by atoms with E-state index < -0.39 is 0 Å². The minimum atomic E-state index is -0.307. The van der Waals surface area contributed by atoms with Crippen LogP contribution in [-0.2, 0) is 4.79 Å². The average Bonchev–Trinajstić information content (AvgIpc) is 3.44. The fraction of sp³-hybridized carbons (Fsp3) is 0.455. The number of piperazine rings is 1. The maximum Gasteiger partial charge on any atom is 0.320 e. The van der Waals surface area contributed by atoms with Gasteiger partial charge in [-0.15, -0.1) is 0 Å². The first-order chi connectivity index (χ1) is 21.3. The van der Waals surface area contributed by atoms with Crippen molar-refractivity contribution in [3.05, 3.63) is 71.1 Å². The highest BCUT2D eigenvalue weighted by Gasteiger charge is 2.40. The fourth-order valence-electron chi connectivity index (χ4n) is 6.84. The summed E-state index contributed by atoms with van der Waals surface area (Å²) in [6.07, 6.45) is 3.25. The first kappa shape index (κ1) is 30.0. The molecule has 6 rings (SSSR count). The highest BCUT2D eigenvalue weighted by Crippen LogP contribution is 2.47. The zero-order valence-electron chi connectivity index (χ0n) is 25.4. The van der Waals surface area contributed by atoms with Gasteiger partial charge in [0.25, 0.3) is 0 Å². The van der Waals surface area contributed by atoms with Crippen molar-refractivity contribution in [2.75, 3.05) is 63.2 Å². The van der Waals surface area contributed by atoms with E-state index in [1.165, 1.54) is 6.08 Å². The Morgan fingerprint density at radius 3 is 2.66 bits per heavy atom. The molecule has 2 fully saturated rings. The Hall–Kier alpha value is -4.07. The summed E-state index contributed by atoms with van der Waals surface area (Å²) >= 11 is 6.76. The van der Waals surface area contributed by atoms with E-state index >= 15 is 0 Å². The minimum Gasteiger partial charge on any atom is -0.481 e. The molecule has 0 saturated carbocycles. The normalized spacial score (nSPS) is 23.7. The number of hydrogen-bond acceptors (Lipinski definition) is 8. The number of carbonyl (C=O) groups is 1. The van der Waals surface area contributed by atoms with Gasteiger partial charge >= 0.3 is 6.01 Å². The quantitative estimate of drug-likeness (QED) is 0.276. The van der Waals surface area contributed by atoms with Gasteiger partial charge in [-0.3, -0.25) is 4.79 Å². The SMILES string of the molecule is [C-]#[N+]C[C@H]1CN(c2nc(OC[C@@H]3CCCN3C)nc3c2O[C@H](C)C(c2cccc4cccc(Cl)c24)N3C)CCN1C(=O)C=C. The number of halogens is 1. The number of hydrogen-bond donors (Lipinski definition) is 0. The monoisotopic (exact) mass is 615 g/mol. The van der Waals surface area contributed by atoms with Crippen LogP contribution in [0.15, 0.2) is 49.1 Å². The Morgan fingerprint density at radius 1 is 1.16 bits per heavy atom. The van der Waals surface area contributed by atoms with E-state index in [1.54, 1.807) is 4.90 Å². The summed E-state index contributed by atoms with van der Waals surface area (Å²) < 4.78 is 13.0. The Labute approximate surface area is 263 Å². The lowest BCUT2D eigenvalue weighted by Gasteiger charge is -2.43. The van der Waals surface area contributed by atoms with Gasteiger partial charge in [-0.05, 0) is 56.4 Å². The summed E-state index contributed by atoms with van der Waals surface area (Å²) in [6, 6.07) is 12.2. The van der Waals surface area contributed by atoms with E-state index in [-0.39, 0.29) is 36.7 Å². The van der Waals surface area contributed by atoms with Crippen LogP contribution in [0, 0.1) is 6.57 Å². The molecule has 3 aromatic rings. The molecular weight excluding hydrogens is 578 g/mol. The third-order valence-corrected chi connectivity index (χ3v) is 9.45. The number of anilines is 2. The second-order valence-electron chi connectivity index (χ2n) is 11.8. The Balaban J connectivity index is 1.40. The zero-order valence-corrected chi connectivity index (χ0v) is 26.2. The lowest BCUT2D eigenvalue weighted by molar-refractivity contribution is -0.128. The van der Waals surface area contributed by atoms with Gasteiger partial charge in [0.05, 0.1) is 6.04 Å². The maximum atomic E-state index is 12.6. The van der Waals surface area contributed by atoms with Gasteiger partial charge < -0.3 is 33.9 Å². The van der Waals surface area contributed by atoms with Crippen molar-refractivity contribution >= 4 is 39.9 Å². The van der Waals surface area contributed by atoms with Crippen molar-refractivity contribution in [1.29, 1.82) is 0 Å². The Kier molecular flexibility index (Phi) is 8.52. The highest BCUT2D eigenvalue weighted by molar-refractivity contribution is 6.35. The number of aromatic nitrogens is 2. The molecule has 1 aromatic heterocycles. The largest absolute Gasteiger partial charge is 0.481 e. The van der Waals surface area contributed by atoms with Crippen molar-refractivity contribution in [2.45, 2.75) is 44.0 Å². The van der Waals surface area contributed by atoms with Gasteiger partial charge in [0, 0.05) is 43.1 Å². The summed E-state index contributed by atoms with van der Waals surface area (Å²) in [5.74, 6) is 1.63. The smallest absolute Gasteiger partial charge is 0.320 e. The van der Waals surface area contributed by atoms with Crippen molar-refractivity contribution in [3.63, 3.8) is 0 Å². The lowest BCUT2D eigenvalue weighted by Crippen LogP contribution is -2.56. The second-order valence-corrected chi connectivity index (χ2v) is 12.2. The van der Waals surface area contributed by atoms with Crippen LogP contribution < -0.4 is 19.3 Å². The number of likely N-dealkylation sites (N-methyl/N-ethyl adjacent to an activating group) is 2. The molecule has 3 aliphatic rings. The van der Waals surface area contributed by atoms with Crippen molar-refractivity contribution in [2.24, 2.45) is 0 Å². The van der Waals surface area contributed by atoms with Crippen LogP contribution in [0.3, 0.4) is 0 Å². The summed E-state index contributed by atoms with van der Waals surface area (Å²) in [4.78, 5) is 34.3. The molecule has 4 heterocycles. The molecule has 0 radical (unpaired) electrons. The highest BCUT2D eigenvalue weighted by atomic mass is 35.5. The average molecular weight is 616 g/mol. The van der Waals surface area contributed by atoms with Gasteiger partial charge in [-0.25, -0.2) is 6.57 Å². The molecule has 2 saturated heterocycles. The number of amides is 1. The molecule has 0 spiro atoms. The molecule has 1 amide bonds. The van der Waals surface area contributed by atoms with E-state index in [2.05, 4.69) is 51.4 Å². The van der Waals surface area contributed by atoms with E-state index in [9.17, 15) is 4.79 Å². The molecular formula is C33H38ClN7O3. The Bertz CT molecular complexity index is 1600. The van der Waals surface area contributed by atoms with Gasteiger partial charge in [-0.2, -0.15) is 9.97 Å². The number of carbonyl (C=O) groups excluding carboxylic acids is 1. The van der Waals surface area contributed by atoms with Crippen LogP contribution >= 0.6 is 11.6 Å². The number of nitrogens with zero attached hydrogens (tertiary/aromatic N) is 7. The number of benzene rings is 2.